The first kappa shape index (κ1) is 14.4. The average molecular weight is 226 g/mol. The Labute approximate surface area is 95.6 Å². The van der Waals surface area contributed by atoms with E-state index in [9.17, 15) is 9.59 Å². The van der Waals surface area contributed by atoms with Gasteiger partial charge in [0, 0.05) is 11.1 Å². The predicted octanol–water partition coefficient (Wildman–Crippen LogP) is 2.31. The van der Waals surface area contributed by atoms with Crippen molar-refractivity contribution in [2.45, 2.75) is 39.7 Å². The fourth-order valence-electron chi connectivity index (χ4n) is 0.964. The van der Waals surface area contributed by atoms with Gasteiger partial charge in [0.15, 0.2) is 0 Å². The van der Waals surface area contributed by atoms with Gasteiger partial charge in [-0.2, -0.15) is 0 Å². The summed E-state index contributed by atoms with van der Waals surface area (Å²) in [6.45, 7) is 8.37. The number of rotatable bonds is 6. The third-order valence-corrected chi connectivity index (χ3v) is 2.02. The lowest BCUT2D eigenvalue weighted by Gasteiger charge is -2.11. The molecule has 0 rings (SSSR count). The van der Waals surface area contributed by atoms with Crippen molar-refractivity contribution in [3.05, 3.63) is 23.8 Å². The van der Waals surface area contributed by atoms with Gasteiger partial charge in [-0.3, -0.25) is 0 Å². The Kier molecular flexibility index (Phi) is 6.15. The van der Waals surface area contributed by atoms with Gasteiger partial charge in [0.2, 0.25) is 0 Å². The van der Waals surface area contributed by atoms with Crippen LogP contribution in [0.3, 0.4) is 0 Å². The van der Waals surface area contributed by atoms with Gasteiger partial charge in [-0.1, -0.05) is 12.7 Å². The molecule has 90 valence electrons. The van der Waals surface area contributed by atoms with Gasteiger partial charge in [-0.25, -0.2) is 9.59 Å². The molecule has 1 atom stereocenters. The Morgan fingerprint density at radius 2 is 2.00 bits per heavy atom. The molecule has 4 heteroatoms. The third-order valence-electron chi connectivity index (χ3n) is 2.02. The van der Waals surface area contributed by atoms with E-state index in [0.717, 1.165) is 0 Å². The summed E-state index contributed by atoms with van der Waals surface area (Å²) in [5.74, 6) is -1.34. The second-order valence-electron chi connectivity index (χ2n) is 3.77. The van der Waals surface area contributed by atoms with Crippen LogP contribution >= 0.6 is 0 Å². The van der Waals surface area contributed by atoms with Crippen molar-refractivity contribution in [2.75, 3.05) is 0 Å². The fraction of sp³-hybridized carbons (Fsp3) is 0.500. The summed E-state index contributed by atoms with van der Waals surface area (Å²) in [5, 5.41) is 8.60. The summed E-state index contributed by atoms with van der Waals surface area (Å²) in [5.41, 5.74) is 0.669. The van der Waals surface area contributed by atoms with Crippen LogP contribution in [0.2, 0.25) is 0 Å². The van der Waals surface area contributed by atoms with Crippen LogP contribution in [0.25, 0.3) is 0 Å². The molecule has 0 amide bonds. The Bertz CT molecular complexity index is 315. The number of ether oxygens (including phenoxy) is 1. The van der Waals surface area contributed by atoms with Crippen molar-refractivity contribution in [1.82, 2.24) is 0 Å². The van der Waals surface area contributed by atoms with E-state index in [1.165, 1.54) is 6.92 Å². The SMILES string of the molecule is C=C(C)C(=O)OC(C)CCC=C(C)C(=O)O. The van der Waals surface area contributed by atoms with E-state index < -0.39 is 11.9 Å². The molecule has 0 aliphatic rings. The number of allylic oxidation sites excluding steroid dienone is 1. The van der Waals surface area contributed by atoms with Gasteiger partial charge in [0.05, 0.1) is 6.10 Å². The maximum Gasteiger partial charge on any atom is 0.333 e. The van der Waals surface area contributed by atoms with Crippen LogP contribution in [0.1, 0.15) is 33.6 Å². The largest absolute Gasteiger partial charge is 0.478 e. The maximum atomic E-state index is 11.1. The fourth-order valence-corrected chi connectivity index (χ4v) is 0.964. The maximum absolute atomic E-state index is 11.1. The lowest BCUT2D eigenvalue weighted by atomic mass is 10.1. The summed E-state index contributed by atoms with van der Waals surface area (Å²) in [7, 11) is 0. The molecule has 0 radical (unpaired) electrons. The van der Waals surface area contributed by atoms with E-state index in [0.29, 0.717) is 24.0 Å². The molecule has 0 aromatic rings. The number of carbonyl (C=O) groups excluding carboxylic acids is 1. The minimum atomic E-state index is -0.924. The zero-order valence-electron chi connectivity index (χ0n) is 9.95. The molecule has 16 heavy (non-hydrogen) atoms. The van der Waals surface area contributed by atoms with Gasteiger partial charge in [0.1, 0.15) is 0 Å². The van der Waals surface area contributed by atoms with Crippen molar-refractivity contribution in [3.63, 3.8) is 0 Å². The molecular weight excluding hydrogens is 208 g/mol. The van der Waals surface area contributed by atoms with Gasteiger partial charge in [0.25, 0.3) is 0 Å². The zero-order valence-corrected chi connectivity index (χ0v) is 9.95. The van der Waals surface area contributed by atoms with Gasteiger partial charge in [-0.15, -0.1) is 0 Å². The molecule has 1 unspecified atom stereocenters. The first-order chi connectivity index (χ1) is 7.34. The number of carbonyl (C=O) groups is 2. The van der Waals surface area contributed by atoms with E-state index in [1.54, 1.807) is 19.9 Å². The monoisotopic (exact) mass is 226 g/mol. The highest BCUT2D eigenvalue weighted by atomic mass is 16.5. The summed E-state index contributed by atoms with van der Waals surface area (Å²) in [6, 6.07) is 0. The number of carboxylic acids is 1. The first-order valence-electron chi connectivity index (χ1n) is 5.11. The second-order valence-corrected chi connectivity index (χ2v) is 3.77. The Morgan fingerprint density at radius 1 is 1.44 bits per heavy atom. The molecule has 0 aliphatic heterocycles. The predicted molar refractivity (Wildman–Crippen MR) is 61.0 cm³/mol. The Hall–Kier alpha value is -1.58. The lowest BCUT2D eigenvalue weighted by Crippen LogP contribution is -2.14. The summed E-state index contributed by atoms with van der Waals surface area (Å²) < 4.78 is 5.04. The quantitative estimate of drug-likeness (QED) is 0.557. The standard InChI is InChI=1S/C12H18O4/c1-8(2)12(15)16-10(4)7-5-6-9(3)11(13)14/h6,10H,1,5,7H2,2-4H3,(H,13,14). The van der Waals surface area contributed by atoms with Crippen LogP contribution in [-0.4, -0.2) is 23.1 Å². The summed E-state index contributed by atoms with van der Waals surface area (Å²) >= 11 is 0. The normalized spacial score (nSPS) is 13.1. The van der Waals surface area contributed by atoms with E-state index in [2.05, 4.69) is 6.58 Å². The second kappa shape index (κ2) is 6.82. The van der Waals surface area contributed by atoms with E-state index >= 15 is 0 Å². The van der Waals surface area contributed by atoms with E-state index in [4.69, 9.17) is 9.84 Å². The number of hydrogen-bond acceptors (Lipinski definition) is 3. The molecule has 0 bridgehead atoms. The molecular formula is C12H18O4. The van der Waals surface area contributed by atoms with Crippen LogP contribution in [0, 0.1) is 0 Å². The number of carboxylic acid groups (broad SMARTS) is 1. The van der Waals surface area contributed by atoms with Gasteiger partial charge in [-0.05, 0) is 33.6 Å². The number of esters is 1. The molecule has 0 heterocycles. The van der Waals surface area contributed by atoms with Crippen molar-refractivity contribution in [3.8, 4) is 0 Å². The van der Waals surface area contributed by atoms with Crippen LogP contribution in [-0.2, 0) is 14.3 Å². The van der Waals surface area contributed by atoms with Crippen molar-refractivity contribution < 1.29 is 19.4 Å². The minimum absolute atomic E-state index is 0.234. The smallest absolute Gasteiger partial charge is 0.333 e. The molecule has 0 saturated carbocycles. The Balaban J connectivity index is 3.95. The molecule has 1 N–H and O–H groups in total. The van der Waals surface area contributed by atoms with Crippen LogP contribution in [0.5, 0.6) is 0 Å². The Morgan fingerprint density at radius 3 is 2.44 bits per heavy atom. The van der Waals surface area contributed by atoms with Crippen LogP contribution in [0.4, 0.5) is 0 Å². The highest BCUT2D eigenvalue weighted by molar-refractivity contribution is 5.87. The molecule has 0 aromatic carbocycles. The highest BCUT2D eigenvalue weighted by Gasteiger charge is 2.09. The lowest BCUT2D eigenvalue weighted by molar-refractivity contribution is -0.143. The van der Waals surface area contributed by atoms with Gasteiger partial charge >= 0.3 is 11.9 Å². The van der Waals surface area contributed by atoms with E-state index in [-0.39, 0.29) is 6.10 Å². The number of aliphatic carboxylic acids is 1. The molecule has 0 aromatic heterocycles. The first-order valence-corrected chi connectivity index (χ1v) is 5.11. The molecule has 0 aliphatic carbocycles. The van der Waals surface area contributed by atoms with Crippen LogP contribution in [0.15, 0.2) is 23.8 Å². The van der Waals surface area contributed by atoms with Crippen molar-refractivity contribution in [2.24, 2.45) is 0 Å². The molecule has 0 spiro atoms. The topological polar surface area (TPSA) is 63.6 Å². The minimum Gasteiger partial charge on any atom is -0.478 e. The van der Waals surface area contributed by atoms with Crippen molar-refractivity contribution in [1.29, 1.82) is 0 Å². The molecule has 4 nitrogen and oxygen atoms in total. The van der Waals surface area contributed by atoms with Crippen LogP contribution < -0.4 is 0 Å². The number of hydrogen-bond donors (Lipinski definition) is 1. The zero-order chi connectivity index (χ0) is 12.7. The van der Waals surface area contributed by atoms with E-state index in [1.807, 2.05) is 0 Å². The highest BCUT2D eigenvalue weighted by Crippen LogP contribution is 2.07. The average Bonchev–Trinajstić information content (AvgIpc) is 2.16. The molecule has 0 fully saturated rings. The van der Waals surface area contributed by atoms with Gasteiger partial charge < -0.3 is 9.84 Å². The van der Waals surface area contributed by atoms with Crippen molar-refractivity contribution >= 4 is 11.9 Å². The summed E-state index contributed by atoms with van der Waals surface area (Å²) in [6.07, 6.45) is 2.56. The summed E-state index contributed by atoms with van der Waals surface area (Å²) in [4.78, 5) is 21.6. The third kappa shape index (κ3) is 6.01. The molecule has 0 saturated heterocycles.